The van der Waals surface area contributed by atoms with Crippen LogP contribution in [-0.4, -0.2) is 65.7 Å². The third kappa shape index (κ3) is 4.78. The number of H-pyrrole nitrogens is 1. The second kappa shape index (κ2) is 8.60. The highest BCUT2D eigenvalue weighted by Gasteiger charge is 2.31. The molecule has 7 heteroatoms. The van der Waals surface area contributed by atoms with Crippen LogP contribution in [0.25, 0.3) is 0 Å². The van der Waals surface area contributed by atoms with Gasteiger partial charge in [-0.15, -0.1) is 0 Å². The Hall–Kier alpha value is -1.44. The summed E-state index contributed by atoms with van der Waals surface area (Å²) >= 11 is 0. The first-order valence-electron chi connectivity index (χ1n) is 9.05. The first-order chi connectivity index (χ1) is 11.7. The number of nitrogens with one attached hydrogen (secondary N) is 2. The smallest absolute Gasteiger partial charge is 0.224 e. The van der Waals surface area contributed by atoms with Crippen LogP contribution in [0, 0.1) is 5.92 Å². The van der Waals surface area contributed by atoms with E-state index in [2.05, 4.69) is 20.2 Å². The highest BCUT2D eigenvalue weighted by atomic mass is 16.5. The number of imidazole rings is 1. The summed E-state index contributed by atoms with van der Waals surface area (Å²) in [5, 5.41) is 3.07. The van der Waals surface area contributed by atoms with Crippen molar-refractivity contribution in [2.75, 3.05) is 32.8 Å². The van der Waals surface area contributed by atoms with Crippen molar-refractivity contribution in [3.05, 3.63) is 18.2 Å². The lowest BCUT2D eigenvalue weighted by atomic mass is 10.0. The molecule has 0 saturated carbocycles. The Morgan fingerprint density at radius 1 is 1.33 bits per heavy atom. The van der Waals surface area contributed by atoms with E-state index in [1.165, 1.54) is 0 Å². The molecule has 0 aromatic carbocycles. The van der Waals surface area contributed by atoms with Gasteiger partial charge in [0.05, 0.1) is 5.92 Å². The third-order valence-electron chi connectivity index (χ3n) is 5.10. The second-order valence-corrected chi connectivity index (χ2v) is 6.91. The van der Waals surface area contributed by atoms with Crippen LogP contribution in [0.1, 0.15) is 31.5 Å². The Balaban J connectivity index is 1.51. The van der Waals surface area contributed by atoms with Crippen molar-refractivity contribution in [2.24, 2.45) is 11.7 Å². The molecule has 2 saturated heterocycles. The summed E-state index contributed by atoms with van der Waals surface area (Å²) in [5.41, 5.74) is 6.24. The molecule has 0 spiro atoms. The van der Waals surface area contributed by atoms with Crippen molar-refractivity contribution in [3.63, 3.8) is 0 Å². The van der Waals surface area contributed by atoms with E-state index in [4.69, 9.17) is 10.5 Å². The average molecular weight is 335 g/mol. The van der Waals surface area contributed by atoms with Gasteiger partial charge in [-0.3, -0.25) is 9.69 Å². The molecule has 0 unspecified atom stereocenters. The largest absolute Gasteiger partial charge is 0.381 e. The average Bonchev–Trinajstić information content (AvgIpc) is 3.03. The maximum Gasteiger partial charge on any atom is 0.224 e. The topological polar surface area (TPSA) is 96.3 Å². The molecule has 0 bridgehead atoms. The van der Waals surface area contributed by atoms with Gasteiger partial charge in [-0.25, -0.2) is 4.98 Å². The van der Waals surface area contributed by atoms with Crippen LogP contribution in [0.2, 0.25) is 0 Å². The third-order valence-corrected chi connectivity index (χ3v) is 5.10. The summed E-state index contributed by atoms with van der Waals surface area (Å²) < 4.78 is 5.47. The van der Waals surface area contributed by atoms with Gasteiger partial charge in [0.15, 0.2) is 0 Å². The number of carbonyl (C=O) groups is 1. The molecule has 1 aromatic heterocycles. The number of aromatic nitrogens is 2. The zero-order chi connectivity index (χ0) is 16.8. The molecule has 3 heterocycles. The molecule has 1 amide bonds. The number of hydrogen-bond donors (Lipinski definition) is 3. The van der Waals surface area contributed by atoms with Crippen molar-refractivity contribution in [1.29, 1.82) is 0 Å². The SMILES string of the molecule is N[C@H]1CC[C@@H](C(=O)NCCc2ncc[nH]2)CN(C2CCOCC2)C1. The Bertz CT molecular complexity index is 501. The molecule has 0 radical (unpaired) electrons. The van der Waals surface area contributed by atoms with Crippen molar-refractivity contribution >= 4 is 5.91 Å². The minimum absolute atomic E-state index is 0.0259. The minimum atomic E-state index is 0.0259. The molecule has 7 nitrogen and oxygen atoms in total. The van der Waals surface area contributed by atoms with Crippen LogP contribution in [0.4, 0.5) is 0 Å². The van der Waals surface area contributed by atoms with E-state index in [-0.39, 0.29) is 17.9 Å². The van der Waals surface area contributed by atoms with Gasteiger partial charge in [0.2, 0.25) is 5.91 Å². The van der Waals surface area contributed by atoms with Gasteiger partial charge in [-0.1, -0.05) is 0 Å². The predicted molar refractivity (Wildman–Crippen MR) is 91.4 cm³/mol. The molecule has 2 atom stereocenters. The number of carbonyl (C=O) groups excluding carboxylic acids is 1. The summed E-state index contributed by atoms with van der Waals surface area (Å²) in [4.78, 5) is 22.2. The van der Waals surface area contributed by atoms with E-state index < -0.39 is 0 Å². The van der Waals surface area contributed by atoms with Crippen molar-refractivity contribution in [2.45, 2.75) is 44.2 Å². The van der Waals surface area contributed by atoms with E-state index in [1.807, 2.05) is 0 Å². The molecular weight excluding hydrogens is 306 g/mol. The number of ether oxygens (including phenoxy) is 1. The van der Waals surface area contributed by atoms with Gasteiger partial charge >= 0.3 is 0 Å². The highest BCUT2D eigenvalue weighted by molar-refractivity contribution is 5.78. The lowest BCUT2D eigenvalue weighted by molar-refractivity contribution is -0.125. The number of nitrogens with two attached hydrogens (primary N) is 1. The molecule has 2 aliphatic rings. The van der Waals surface area contributed by atoms with E-state index in [0.29, 0.717) is 12.6 Å². The first kappa shape index (κ1) is 17.4. The molecule has 2 aliphatic heterocycles. The van der Waals surface area contributed by atoms with Gasteiger partial charge in [0.25, 0.3) is 0 Å². The molecule has 1 aromatic rings. The summed E-state index contributed by atoms with van der Waals surface area (Å²) in [7, 11) is 0. The van der Waals surface area contributed by atoms with Gasteiger partial charge in [0.1, 0.15) is 5.82 Å². The van der Waals surface area contributed by atoms with Gasteiger partial charge < -0.3 is 20.8 Å². The Labute approximate surface area is 143 Å². The highest BCUT2D eigenvalue weighted by Crippen LogP contribution is 2.22. The van der Waals surface area contributed by atoms with Crippen LogP contribution in [-0.2, 0) is 16.0 Å². The van der Waals surface area contributed by atoms with E-state index in [9.17, 15) is 4.79 Å². The number of amides is 1. The lowest BCUT2D eigenvalue weighted by Crippen LogP contribution is -2.47. The first-order valence-corrected chi connectivity index (χ1v) is 9.05. The van der Waals surface area contributed by atoms with Crippen LogP contribution in [0.15, 0.2) is 12.4 Å². The van der Waals surface area contributed by atoms with Crippen molar-refractivity contribution in [3.8, 4) is 0 Å². The molecule has 3 rings (SSSR count). The predicted octanol–water partition coefficient (Wildman–Crippen LogP) is 0.287. The fraction of sp³-hybridized carbons (Fsp3) is 0.765. The normalized spacial score (nSPS) is 26.9. The zero-order valence-electron chi connectivity index (χ0n) is 14.2. The van der Waals surface area contributed by atoms with Crippen LogP contribution in [0.5, 0.6) is 0 Å². The number of hydrogen-bond acceptors (Lipinski definition) is 5. The quantitative estimate of drug-likeness (QED) is 0.718. The molecule has 4 N–H and O–H groups in total. The summed E-state index contributed by atoms with van der Waals surface area (Å²) in [6, 6.07) is 0.662. The summed E-state index contributed by atoms with van der Waals surface area (Å²) in [5.74, 6) is 1.08. The van der Waals surface area contributed by atoms with Crippen LogP contribution >= 0.6 is 0 Å². The Morgan fingerprint density at radius 2 is 2.17 bits per heavy atom. The van der Waals surface area contributed by atoms with Crippen molar-refractivity contribution in [1.82, 2.24) is 20.2 Å². The van der Waals surface area contributed by atoms with E-state index >= 15 is 0 Å². The number of likely N-dealkylation sites (tertiary alicyclic amines) is 1. The maximum atomic E-state index is 12.6. The number of rotatable bonds is 5. The second-order valence-electron chi connectivity index (χ2n) is 6.91. The number of nitrogens with zero attached hydrogens (tertiary/aromatic N) is 2. The van der Waals surface area contributed by atoms with Crippen molar-refractivity contribution < 1.29 is 9.53 Å². The molecule has 2 fully saturated rings. The molecular formula is C17H29N5O2. The molecule has 134 valence electrons. The number of aromatic amines is 1. The van der Waals surface area contributed by atoms with Crippen LogP contribution < -0.4 is 11.1 Å². The zero-order valence-corrected chi connectivity index (χ0v) is 14.2. The summed E-state index contributed by atoms with van der Waals surface area (Å²) in [6.45, 7) is 3.95. The fourth-order valence-corrected chi connectivity index (χ4v) is 3.70. The van der Waals surface area contributed by atoms with Gasteiger partial charge in [0, 0.05) is 63.7 Å². The monoisotopic (exact) mass is 335 g/mol. The van der Waals surface area contributed by atoms with Gasteiger partial charge in [-0.05, 0) is 25.7 Å². The fourth-order valence-electron chi connectivity index (χ4n) is 3.70. The Kier molecular flexibility index (Phi) is 6.23. The standard InChI is InChI=1S/C17H29N5O2/c18-14-2-1-13(11-22(12-14)15-4-9-24-10-5-15)17(23)21-6-3-16-19-7-8-20-16/h7-8,13-15H,1-6,9-12,18H2,(H,19,20)(H,21,23)/t13-,14+/m1/s1. The van der Waals surface area contributed by atoms with Crippen LogP contribution in [0.3, 0.4) is 0 Å². The molecule has 24 heavy (non-hydrogen) atoms. The van der Waals surface area contributed by atoms with Gasteiger partial charge in [-0.2, -0.15) is 0 Å². The summed E-state index contributed by atoms with van der Waals surface area (Å²) in [6.07, 6.45) is 8.13. The Morgan fingerprint density at radius 3 is 2.92 bits per heavy atom. The minimum Gasteiger partial charge on any atom is -0.381 e. The van der Waals surface area contributed by atoms with E-state index in [1.54, 1.807) is 12.4 Å². The van der Waals surface area contributed by atoms with E-state index in [0.717, 1.165) is 64.2 Å². The molecule has 0 aliphatic carbocycles. The lowest BCUT2D eigenvalue weighted by Gasteiger charge is -2.35. The maximum absolute atomic E-state index is 12.6.